The lowest BCUT2D eigenvalue weighted by Crippen LogP contribution is -2.35. The maximum atomic E-state index is 12.1. The number of rotatable bonds is 6. The summed E-state index contributed by atoms with van der Waals surface area (Å²) in [4.78, 5) is 2.03. The van der Waals surface area contributed by atoms with Gasteiger partial charge in [-0.25, -0.2) is 8.42 Å². The first-order valence-electron chi connectivity index (χ1n) is 6.84. The molecule has 0 aliphatic carbocycles. The molecular weight excluding hydrogens is 272 g/mol. The number of hydrogen-bond donors (Lipinski definition) is 1. The quantitative estimate of drug-likeness (QED) is 0.869. The molecule has 0 saturated carbocycles. The molecule has 0 radical (unpaired) electrons. The third kappa shape index (κ3) is 4.89. The first kappa shape index (κ1) is 17.1. The fourth-order valence-corrected chi connectivity index (χ4v) is 2.99. The van der Waals surface area contributed by atoms with Gasteiger partial charge < -0.3 is 10.6 Å². The third-order valence-electron chi connectivity index (χ3n) is 3.35. The van der Waals surface area contributed by atoms with Gasteiger partial charge in [0.05, 0.1) is 10.5 Å². The van der Waals surface area contributed by atoms with E-state index in [1.165, 1.54) is 0 Å². The van der Waals surface area contributed by atoms with Crippen molar-refractivity contribution in [3.63, 3.8) is 0 Å². The summed E-state index contributed by atoms with van der Waals surface area (Å²) >= 11 is 0. The Hall–Kier alpha value is -0.910. The van der Waals surface area contributed by atoms with Crippen molar-refractivity contribution in [1.82, 2.24) is 4.90 Å². The van der Waals surface area contributed by atoms with Gasteiger partial charge in [0.25, 0.3) is 0 Å². The summed E-state index contributed by atoms with van der Waals surface area (Å²) in [6.45, 7) is 7.02. The van der Waals surface area contributed by atoms with Gasteiger partial charge in [-0.3, -0.25) is 0 Å². The van der Waals surface area contributed by atoms with Crippen LogP contribution in [0.15, 0.2) is 24.3 Å². The molecule has 0 saturated heterocycles. The minimum atomic E-state index is -3.06. The predicted octanol–water partition coefficient (Wildman–Crippen LogP) is 1.79. The van der Waals surface area contributed by atoms with Crippen molar-refractivity contribution in [2.45, 2.75) is 38.6 Å². The van der Waals surface area contributed by atoms with Crippen LogP contribution in [0.4, 0.5) is 0 Å². The second-order valence-electron chi connectivity index (χ2n) is 6.19. The second kappa shape index (κ2) is 6.70. The van der Waals surface area contributed by atoms with E-state index in [-0.39, 0.29) is 5.75 Å². The molecule has 0 bridgehead atoms. The van der Waals surface area contributed by atoms with Gasteiger partial charge in [0.2, 0.25) is 0 Å². The molecular formula is C15H26N2O2S. The minimum absolute atomic E-state index is 0.184. The first-order chi connectivity index (χ1) is 9.15. The normalized spacial score (nSPS) is 12.9. The van der Waals surface area contributed by atoms with Crippen LogP contribution in [0.5, 0.6) is 0 Å². The molecule has 1 rings (SSSR count). The molecule has 5 heteroatoms. The van der Waals surface area contributed by atoms with Crippen LogP contribution in [0.2, 0.25) is 0 Å². The van der Waals surface area contributed by atoms with Crippen LogP contribution in [0.3, 0.4) is 0 Å². The summed E-state index contributed by atoms with van der Waals surface area (Å²) in [5.41, 5.74) is 7.87. The van der Waals surface area contributed by atoms with E-state index >= 15 is 0 Å². The van der Waals surface area contributed by atoms with E-state index in [1.807, 2.05) is 30.1 Å². The van der Waals surface area contributed by atoms with Gasteiger partial charge in [0.15, 0.2) is 9.84 Å². The van der Waals surface area contributed by atoms with Crippen LogP contribution in [0.1, 0.15) is 31.9 Å². The smallest absolute Gasteiger partial charge is 0.156 e. The Labute approximate surface area is 122 Å². The summed E-state index contributed by atoms with van der Waals surface area (Å²) in [6, 6.07) is 8.08. The standard InChI is InChI=1S/C15H26N2O2S/c1-15(2,3)20(18,19)9-8-17(4)12-14-7-5-6-13(10-14)11-16/h5-7,10H,8-9,11-12,16H2,1-4H3. The molecule has 0 aliphatic heterocycles. The van der Waals surface area contributed by atoms with Gasteiger partial charge in [-0.15, -0.1) is 0 Å². The maximum absolute atomic E-state index is 12.1. The SMILES string of the molecule is CN(CCS(=O)(=O)C(C)(C)C)Cc1cccc(CN)c1. The maximum Gasteiger partial charge on any atom is 0.156 e. The Balaban J connectivity index is 2.58. The van der Waals surface area contributed by atoms with Crippen molar-refractivity contribution in [3.8, 4) is 0 Å². The van der Waals surface area contributed by atoms with Gasteiger partial charge >= 0.3 is 0 Å². The summed E-state index contributed by atoms with van der Waals surface area (Å²) in [6.07, 6.45) is 0. The van der Waals surface area contributed by atoms with E-state index < -0.39 is 14.6 Å². The lowest BCUT2D eigenvalue weighted by Gasteiger charge is -2.22. The highest BCUT2D eigenvalue weighted by Gasteiger charge is 2.28. The fourth-order valence-electron chi connectivity index (χ4n) is 1.83. The Morgan fingerprint density at radius 1 is 1.20 bits per heavy atom. The van der Waals surface area contributed by atoms with Gasteiger partial charge in [-0.1, -0.05) is 24.3 Å². The average Bonchev–Trinajstić information content (AvgIpc) is 2.35. The molecule has 114 valence electrons. The Kier molecular flexibility index (Phi) is 5.74. The zero-order valence-electron chi connectivity index (χ0n) is 12.9. The van der Waals surface area contributed by atoms with Crippen LogP contribution in [0, 0.1) is 0 Å². The topological polar surface area (TPSA) is 63.4 Å². The van der Waals surface area contributed by atoms with E-state index in [1.54, 1.807) is 20.8 Å². The monoisotopic (exact) mass is 298 g/mol. The highest BCUT2D eigenvalue weighted by molar-refractivity contribution is 7.92. The van der Waals surface area contributed by atoms with Crippen molar-refractivity contribution in [2.24, 2.45) is 5.73 Å². The highest BCUT2D eigenvalue weighted by atomic mass is 32.2. The molecule has 0 spiro atoms. The highest BCUT2D eigenvalue weighted by Crippen LogP contribution is 2.16. The third-order valence-corrected chi connectivity index (χ3v) is 5.94. The van der Waals surface area contributed by atoms with Gasteiger partial charge in [-0.05, 0) is 38.9 Å². The number of sulfone groups is 1. The molecule has 0 amide bonds. The zero-order valence-corrected chi connectivity index (χ0v) is 13.7. The van der Waals surface area contributed by atoms with Gasteiger partial charge in [0, 0.05) is 19.6 Å². The van der Waals surface area contributed by atoms with Crippen LogP contribution >= 0.6 is 0 Å². The molecule has 0 aliphatic rings. The molecule has 0 unspecified atom stereocenters. The fraction of sp³-hybridized carbons (Fsp3) is 0.600. The lowest BCUT2D eigenvalue weighted by molar-refractivity contribution is 0.345. The number of nitrogens with zero attached hydrogens (tertiary/aromatic N) is 1. The van der Waals surface area contributed by atoms with Gasteiger partial charge in [0.1, 0.15) is 0 Å². The molecule has 1 aromatic rings. The Morgan fingerprint density at radius 3 is 2.35 bits per heavy atom. The van der Waals surface area contributed by atoms with Crippen molar-refractivity contribution in [3.05, 3.63) is 35.4 Å². The lowest BCUT2D eigenvalue weighted by atomic mass is 10.1. The van der Waals surface area contributed by atoms with Crippen molar-refractivity contribution in [1.29, 1.82) is 0 Å². The summed E-state index contributed by atoms with van der Waals surface area (Å²) in [5, 5.41) is 0. The average molecular weight is 298 g/mol. The predicted molar refractivity (Wildman–Crippen MR) is 84.2 cm³/mol. The number of nitrogens with two attached hydrogens (primary N) is 1. The van der Waals surface area contributed by atoms with Crippen molar-refractivity contribution >= 4 is 9.84 Å². The molecule has 1 aromatic carbocycles. The first-order valence-corrected chi connectivity index (χ1v) is 8.49. The van der Waals surface area contributed by atoms with E-state index in [0.717, 1.165) is 17.7 Å². The summed E-state index contributed by atoms with van der Waals surface area (Å²) in [7, 11) is -1.12. The zero-order chi connectivity index (χ0) is 15.4. The van der Waals surface area contributed by atoms with Crippen LogP contribution in [-0.2, 0) is 22.9 Å². The number of hydrogen-bond acceptors (Lipinski definition) is 4. The van der Waals surface area contributed by atoms with Crippen molar-refractivity contribution < 1.29 is 8.42 Å². The Bertz CT molecular complexity index is 533. The molecule has 20 heavy (non-hydrogen) atoms. The Morgan fingerprint density at radius 2 is 1.80 bits per heavy atom. The summed E-state index contributed by atoms with van der Waals surface area (Å²) < 4.78 is 23.4. The largest absolute Gasteiger partial charge is 0.326 e. The van der Waals surface area contributed by atoms with Gasteiger partial charge in [-0.2, -0.15) is 0 Å². The molecule has 2 N–H and O–H groups in total. The number of benzene rings is 1. The summed E-state index contributed by atoms with van der Waals surface area (Å²) in [5.74, 6) is 0.184. The molecule has 0 heterocycles. The van der Waals surface area contributed by atoms with E-state index in [2.05, 4.69) is 6.07 Å². The van der Waals surface area contributed by atoms with E-state index in [4.69, 9.17) is 5.73 Å². The van der Waals surface area contributed by atoms with Crippen LogP contribution < -0.4 is 5.73 Å². The van der Waals surface area contributed by atoms with E-state index in [0.29, 0.717) is 13.1 Å². The second-order valence-corrected chi connectivity index (χ2v) is 9.06. The van der Waals surface area contributed by atoms with Crippen molar-refractivity contribution in [2.75, 3.05) is 19.3 Å². The van der Waals surface area contributed by atoms with E-state index in [9.17, 15) is 8.42 Å². The molecule has 0 aromatic heterocycles. The molecule has 0 fully saturated rings. The molecule has 0 atom stereocenters. The van der Waals surface area contributed by atoms with Crippen LogP contribution in [-0.4, -0.2) is 37.4 Å². The molecule has 4 nitrogen and oxygen atoms in total. The van der Waals surface area contributed by atoms with Crippen LogP contribution in [0.25, 0.3) is 0 Å². The minimum Gasteiger partial charge on any atom is -0.326 e.